The molecule has 1 aliphatic rings. The van der Waals surface area contributed by atoms with Gasteiger partial charge in [-0.25, -0.2) is 4.39 Å². The summed E-state index contributed by atoms with van der Waals surface area (Å²) in [5.74, 6) is -0.310. The molecule has 4 heteroatoms. The van der Waals surface area contributed by atoms with E-state index < -0.39 is 6.10 Å². The van der Waals surface area contributed by atoms with Crippen molar-refractivity contribution < 1.29 is 14.2 Å². The molecule has 1 heterocycles. The van der Waals surface area contributed by atoms with E-state index in [1.165, 1.54) is 12.1 Å². The summed E-state index contributed by atoms with van der Waals surface area (Å²) >= 11 is 5.81. The van der Waals surface area contributed by atoms with Gasteiger partial charge in [-0.2, -0.15) is 0 Å². The van der Waals surface area contributed by atoms with Crippen LogP contribution in [-0.2, 0) is 11.2 Å². The van der Waals surface area contributed by atoms with Crippen LogP contribution in [0.3, 0.4) is 0 Å². The van der Waals surface area contributed by atoms with Crippen LogP contribution in [0.4, 0.5) is 4.39 Å². The fourth-order valence-corrected chi connectivity index (χ4v) is 2.50. The average Bonchev–Trinajstić information content (AvgIpc) is 2.84. The number of rotatable bonds is 5. The number of halogens is 2. The van der Waals surface area contributed by atoms with Crippen LogP contribution in [-0.4, -0.2) is 23.9 Å². The Balaban J connectivity index is 1.82. The molecule has 1 aliphatic heterocycles. The smallest absolute Gasteiger partial charge is 0.126 e. The first kappa shape index (κ1) is 13.8. The van der Waals surface area contributed by atoms with E-state index in [0.29, 0.717) is 23.4 Å². The molecule has 1 fully saturated rings. The fourth-order valence-electron chi connectivity index (χ4n) is 2.31. The summed E-state index contributed by atoms with van der Waals surface area (Å²) in [4.78, 5) is 0. The summed E-state index contributed by atoms with van der Waals surface area (Å²) in [6, 6.07) is 4.43. The molecule has 1 aromatic carbocycles. The van der Waals surface area contributed by atoms with E-state index in [1.807, 2.05) is 0 Å². The third-order valence-electron chi connectivity index (χ3n) is 3.31. The molecule has 0 amide bonds. The Morgan fingerprint density at radius 2 is 2.33 bits per heavy atom. The zero-order chi connectivity index (χ0) is 13.0. The maximum atomic E-state index is 13.5. The third kappa shape index (κ3) is 3.94. The van der Waals surface area contributed by atoms with E-state index in [0.717, 1.165) is 25.9 Å². The largest absolute Gasteiger partial charge is 0.393 e. The maximum Gasteiger partial charge on any atom is 0.126 e. The molecule has 0 saturated carbocycles. The van der Waals surface area contributed by atoms with Gasteiger partial charge in [-0.15, -0.1) is 0 Å². The number of hydrogen-bond donors (Lipinski definition) is 1. The minimum Gasteiger partial charge on any atom is -0.393 e. The fraction of sp³-hybridized carbons (Fsp3) is 0.571. The zero-order valence-corrected chi connectivity index (χ0v) is 11.0. The van der Waals surface area contributed by atoms with E-state index in [1.54, 1.807) is 6.07 Å². The molecule has 1 saturated heterocycles. The molecule has 0 aromatic heterocycles. The molecule has 0 spiro atoms. The lowest BCUT2D eigenvalue weighted by molar-refractivity contribution is 0.0811. The number of hydrogen-bond acceptors (Lipinski definition) is 2. The molecule has 2 unspecified atom stereocenters. The second-order valence-electron chi connectivity index (χ2n) is 4.81. The zero-order valence-electron chi connectivity index (χ0n) is 10.2. The van der Waals surface area contributed by atoms with Crippen molar-refractivity contribution in [1.29, 1.82) is 0 Å². The van der Waals surface area contributed by atoms with Crippen LogP contribution in [0.1, 0.15) is 31.2 Å². The lowest BCUT2D eigenvalue weighted by Gasteiger charge is -2.14. The first-order valence-corrected chi connectivity index (χ1v) is 6.76. The highest BCUT2D eigenvalue weighted by molar-refractivity contribution is 6.30. The van der Waals surface area contributed by atoms with E-state index in [-0.39, 0.29) is 11.9 Å². The molecule has 1 N–H and O–H groups in total. The van der Waals surface area contributed by atoms with Gasteiger partial charge in [-0.05, 0) is 49.4 Å². The Labute approximate surface area is 112 Å². The Kier molecular flexibility index (Phi) is 4.98. The van der Waals surface area contributed by atoms with Gasteiger partial charge in [-0.1, -0.05) is 11.6 Å². The van der Waals surface area contributed by atoms with Crippen LogP contribution in [0, 0.1) is 5.82 Å². The first-order valence-electron chi connectivity index (χ1n) is 6.39. The van der Waals surface area contributed by atoms with Crippen molar-refractivity contribution in [3.8, 4) is 0 Å². The Morgan fingerprint density at radius 3 is 3.06 bits per heavy atom. The molecule has 0 bridgehead atoms. The summed E-state index contributed by atoms with van der Waals surface area (Å²) in [6.45, 7) is 0.823. The summed E-state index contributed by atoms with van der Waals surface area (Å²) < 4.78 is 19.0. The SMILES string of the molecule is OC(CCC1CCCO1)Cc1cc(Cl)ccc1F. The van der Waals surface area contributed by atoms with Crippen molar-refractivity contribution in [3.05, 3.63) is 34.6 Å². The molecule has 2 rings (SSSR count). The van der Waals surface area contributed by atoms with Crippen molar-refractivity contribution in [2.45, 2.75) is 44.3 Å². The topological polar surface area (TPSA) is 29.5 Å². The molecule has 18 heavy (non-hydrogen) atoms. The van der Waals surface area contributed by atoms with Gasteiger partial charge in [0.15, 0.2) is 0 Å². The molecule has 2 nitrogen and oxygen atoms in total. The molecule has 0 aliphatic carbocycles. The molecular weight excluding hydrogens is 255 g/mol. The van der Waals surface area contributed by atoms with Gasteiger partial charge in [0.1, 0.15) is 5.82 Å². The van der Waals surface area contributed by atoms with Gasteiger partial charge in [0.2, 0.25) is 0 Å². The van der Waals surface area contributed by atoms with Crippen LogP contribution < -0.4 is 0 Å². The molecular formula is C14H18ClFO2. The van der Waals surface area contributed by atoms with Gasteiger partial charge in [0.05, 0.1) is 12.2 Å². The van der Waals surface area contributed by atoms with Gasteiger partial charge >= 0.3 is 0 Å². The third-order valence-corrected chi connectivity index (χ3v) is 3.54. The second kappa shape index (κ2) is 6.50. The number of aliphatic hydroxyl groups is 1. The minimum atomic E-state index is -0.540. The standard InChI is InChI=1S/C14H18ClFO2/c15-11-3-6-14(16)10(8-11)9-12(17)4-5-13-2-1-7-18-13/h3,6,8,12-13,17H,1-2,4-5,7,9H2. The lowest BCUT2D eigenvalue weighted by Crippen LogP contribution is -2.15. The molecule has 1 aromatic rings. The highest BCUT2D eigenvalue weighted by Gasteiger charge is 2.17. The number of ether oxygens (including phenoxy) is 1. The van der Waals surface area contributed by atoms with Crippen molar-refractivity contribution in [1.82, 2.24) is 0 Å². The molecule has 2 atom stereocenters. The Bertz CT molecular complexity index is 391. The Morgan fingerprint density at radius 1 is 1.50 bits per heavy atom. The van der Waals surface area contributed by atoms with Crippen LogP contribution in [0.5, 0.6) is 0 Å². The van der Waals surface area contributed by atoms with Crippen LogP contribution in [0.15, 0.2) is 18.2 Å². The van der Waals surface area contributed by atoms with Crippen LogP contribution in [0.2, 0.25) is 5.02 Å². The molecule has 0 radical (unpaired) electrons. The number of benzene rings is 1. The van der Waals surface area contributed by atoms with Crippen molar-refractivity contribution in [3.63, 3.8) is 0 Å². The van der Waals surface area contributed by atoms with E-state index >= 15 is 0 Å². The first-order chi connectivity index (χ1) is 8.65. The van der Waals surface area contributed by atoms with Crippen molar-refractivity contribution in [2.75, 3.05) is 6.61 Å². The Hall–Kier alpha value is -0.640. The van der Waals surface area contributed by atoms with E-state index in [9.17, 15) is 9.50 Å². The predicted molar refractivity (Wildman–Crippen MR) is 69.3 cm³/mol. The molecule has 100 valence electrons. The maximum absolute atomic E-state index is 13.5. The lowest BCUT2D eigenvalue weighted by atomic mass is 10.0. The summed E-state index contributed by atoms with van der Waals surface area (Å²) in [6.07, 6.45) is 3.67. The van der Waals surface area contributed by atoms with Gasteiger partial charge < -0.3 is 9.84 Å². The van der Waals surface area contributed by atoms with E-state index in [4.69, 9.17) is 16.3 Å². The van der Waals surface area contributed by atoms with Gasteiger partial charge in [0.25, 0.3) is 0 Å². The normalized spacial score (nSPS) is 21.2. The second-order valence-corrected chi connectivity index (χ2v) is 5.24. The quantitative estimate of drug-likeness (QED) is 0.891. The summed E-state index contributed by atoms with van der Waals surface area (Å²) in [7, 11) is 0. The van der Waals surface area contributed by atoms with Crippen LogP contribution >= 0.6 is 11.6 Å². The van der Waals surface area contributed by atoms with E-state index in [2.05, 4.69) is 0 Å². The van der Waals surface area contributed by atoms with Crippen LogP contribution in [0.25, 0.3) is 0 Å². The monoisotopic (exact) mass is 272 g/mol. The highest BCUT2D eigenvalue weighted by Crippen LogP contribution is 2.21. The summed E-state index contributed by atoms with van der Waals surface area (Å²) in [5.41, 5.74) is 0.474. The number of aliphatic hydroxyl groups excluding tert-OH is 1. The predicted octanol–water partition coefficient (Wildman–Crippen LogP) is 3.34. The minimum absolute atomic E-state index is 0.267. The van der Waals surface area contributed by atoms with Crippen molar-refractivity contribution in [2.24, 2.45) is 0 Å². The summed E-state index contributed by atoms with van der Waals surface area (Å²) in [5, 5.41) is 10.4. The van der Waals surface area contributed by atoms with Crippen molar-refractivity contribution >= 4 is 11.6 Å². The average molecular weight is 273 g/mol. The van der Waals surface area contributed by atoms with Gasteiger partial charge in [-0.3, -0.25) is 0 Å². The van der Waals surface area contributed by atoms with Gasteiger partial charge in [0, 0.05) is 18.1 Å². The highest BCUT2D eigenvalue weighted by atomic mass is 35.5.